The van der Waals surface area contributed by atoms with Gasteiger partial charge in [-0.3, -0.25) is 4.79 Å². The second kappa shape index (κ2) is 6.60. The Morgan fingerprint density at radius 3 is 2.48 bits per heavy atom. The smallest absolute Gasteiger partial charge is 0.258 e. The zero-order chi connectivity index (χ0) is 20.1. The normalized spacial score (nSPS) is 14.8. The quantitative estimate of drug-likeness (QED) is 0.469. The Hall–Kier alpha value is -3.38. The van der Waals surface area contributed by atoms with Gasteiger partial charge in [-0.2, -0.15) is 10.1 Å². The third-order valence-electron chi connectivity index (χ3n) is 5.08. The lowest BCUT2D eigenvalue weighted by molar-refractivity contribution is 0.399. The molecular formula is C22H17ClN4O2. The van der Waals surface area contributed by atoms with Crippen molar-refractivity contribution in [1.29, 1.82) is 0 Å². The largest absolute Gasteiger partial charge is 0.420 e. The SMILES string of the molecule is Cc1nc2c(c(=O)[nH]1)C(c1ccc(Cl)cc1)c1c(C)nn(-c3ccccc3)c1O2. The van der Waals surface area contributed by atoms with E-state index in [9.17, 15) is 4.79 Å². The molecule has 1 unspecified atom stereocenters. The molecule has 2 aromatic heterocycles. The Bertz CT molecular complexity index is 1280. The van der Waals surface area contributed by atoms with E-state index in [0.29, 0.717) is 28.2 Å². The minimum absolute atomic E-state index is 0.218. The van der Waals surface area contributed by atoms with Gasteiger partial charge in [-0.05, 0) is 43.7 Å². The van der Waals surface area contributed by atoms with Crippen LogP contribution in [0.2, 0.25) is 5.02 Å². The summed E-state index contributed by atoms with van der Waals surface area (Å²) < 4.78 is 7.92. The number of hydrogen-bond acceptors (Lipinski definition) is 4. The highest BCUT2D eigenvalue weighted by atomic mass is 35.5. The molecule has 1 aliphatic rings. The predicted molar refractivity (Wildman–Crippen MR) is 110 cm³/mol. The Morgan fingerprint density at radius 2 is 1.76 bits per heavy atom. The van der Waals surface area contributed by atoms with E-state index in [1.165, 1.54) is 0 Å². The second-order valence-corrected chi connectivity index (χ2v) is 7.44. The van der Waals surface area contributed by atoms with Gasteiger partial charge in [0, 0.05) is 5.02 Å². The van der Waals surface area contributed by atoms with Crippen molar-refractivity contribution in [1.82, 2.24) is 19.7 Å². The van der Waals surface area contributed by atoms with Gasteiger partial charge in [0.2, 0.25) is 11.8 Å². The molecule has 2 aromatic carbocycles. The summed E-state index contributed by atoms with van der Waals surface area (Å²) in [5, 5.41) is 5.35. The molecule has 0 saturated heterocycles. The van der Waals surface area contributed by atoms with E-state index in [-0.39, 0.29) is 11.5 Å². The van der Waals surface area contributed by atoms with Gasteiger partial charge in [0.05, 0.1) is 28.4 Å². The molecule has 7 heteroatoms. The van der Waals surface area contributed by atoms with Crippen molar-refractivity contribution in [2.75, 3.05) is 0 Å². The third kappa shape index (κ3) is 2.84. The van der Waals surface area contributed by atoms with E-state index < -0.39 is 0 Å². The van der Waals surface area contributed by atoms with Gasteiger partial charge in [0.1, 0.15) is 5.82 Å². The van der Waals surface area contributed by atoms with Crippen LogP contribution in [-0.4, -0.2) is 19.7 Å². The molecule has 0 radical (unpaired) electrons. The van der Waals surface area contributed by atoms with Gasteiger partial charge in [-0.25, -0.2) is 4.68 Å². The van der Waals surface area contributed by atoms with E-state index in [2.05, 4.69) is 9.97 Å². The molecule has 29 heavy (non-hydrogen) atoms. The predicted octanol–water partition coefficient (Wildman–Crippen LogP) is 4.51. The van der Waals surface area contributed by atoms with Crippen molar-refractivity contribution in [2.24, 2.45) is 0 Å². The molecular weight excluding hydrogens is 388 g/mol. The van der Waals surface area contributed by atoms with Crippen LogP contribution in [0.15, 0.2) is 59.4 Å². The number of ether oxygens (including phenoxy) is 1. The summed E-state index contributed by atoms with van der Waals surface area (Å²) in [5.74, 6) is 1.00. The van der Waals surface area contributed by atoms with Gasteiger partial charge in [-0.15, -0.1) is 0 Å². The van der Waals surface area contributed by atoms with E-state index in [1.54, 1.807) is 11.6 Å². The number of rotatable bonds is 2. The zero-order valence-corrected chi connectivity index (χ0v) is 16.6. The summed E-state index contributed by atoms with van der Waals surface area (Å²) >= 11 is 6.10. The lowest BCUT2D eigenvalue weighted by Crippen LogP contribution is -2.25. The second-order valence-electron chi connectivity index (χ2n) is 7.01. The number of aromatic amines is 1. The maximum atomic E-state index is 12.9. The van der Waals surface area contributed by atoms with E-state index in [4.69, 9.17) is 21.4 Å². The Kier molecular flexibility index (Phi) is 4.03. The highest BCUT2D eigenvalue weighted by Gasteiger charge is 2.37. The minimum atomic E-state index is -0.361. The van der Waals surface area contributed by atoms with Crippen molar-refractivity contribution < 1.29 is 4.74 Å². The van der Waals surface area contributed by atoms with Gasteiger partial charge in [0.15, 0.2) is 0 Å². The molecule has 4 aromatic rings. The highest BCUT2D eigenvalue weighted by Crippen LogP contribution is 2.47. The third-order valence-corrected chi connectivity index (χ3v) is 5.33. The molecule has 0 amide bonds. The molecule has 0 bridgehead atoms. The first-order chi connectivity index (χ1) is 14.0. The number of hydrogen-bond donors (Lipinski definition) is 1. The van der Waals surface area contributed by atoms with Crippen LogP contribution in [0.3, 0.4) is 0 Å². The first-order valence-corrected chi connectivity index (χ1v) is 9.60. The number of aromatic nitrogens is 4. The molecule has 0 fully saturated rings. The van der Waals surface area contributed by atoms with Crippen LogP contribution >= 0.6 is 11.6 Å². The van der Waals surface area contributed by atoms with Crippen LogP contribution in [0.1, 0.15) is 34.1 Å². The monoisotopic (exact) mass is 404 g/mol. The van der Waals surface area contributed by atoms with Crippen molar-refractivity contribution in [3.05, 3.63) is 98.2 Å². The Labute approximate surface area is 171 Å². The summed E-state index contributed by atoms with van der Waals surface area (Å²) in [4.78, 5) is 20.2. The summed E-state index contributed by atoms with van der Waals surface area (Å²) in [6.45, 7) is 3.66. The Morgan fingerprint density at radius 1 is 1.03 bits per heavy atom. The maximum Gasteiger partial charge on any atom is 0.258 e. The summed E-state index contributed by atoms with van der Waals surface area (Å²) in [6.07, 6.45) is 0. The molecule has 6 nitrogen and oxygen atoms in total. The molecule has 0 spiro atoms. The molecule has 144 valence electrons. The van der Waals surface area contributed by atoms with E-state index in [0.717, 1.165) is 22.5 Å². The number of nitrogens with zero attached hydrogens (tertiary/aromatic N) is 3. The van der Waals surface area contributed by atoms with Crippen molar-refractivity contribution in [3.63, 3.8) is 0 Å². The summed E-state index contributed by atoms with van der Waals surface area (Å²) in [7, 11) is 0. The number of aryl methyl sites for hydroxylation is 2. The van der Waals surface area contributed by atoms with Crippen molar-refractivity contribution in [3.8, 4) is 17.4 Å². The van der Waals surface area contributed by atoms with Crippen molar-refractivity contribution >= 4 is 11.6 Å². The number of para-hydroxylation sites is 1. The number of fused-ring (bicyclic) bond motifs is 2. The van der Waals surface area contributed by atoms with Gasteiger partial charge in [0.25, 0.3) is 5.56 Å². The highest BCUT2D eigenvalue weighted by molar-refractivity contribution is 6.30. The summed E-state index contributed by atoms with van der Waals surface area (Å²) in [6, 6.07) is 17.2. The molecule has 1 aliphatic heterocycles. The number of halogens is 1. The minimum Gasteiger partial charge on any atom is -0.420 e. The average Bonchev–Trinajstić information content (AvgIpc) is 3.04. The molecule has 5 rings (SSSR count). The van der Waals surface area contributed by atoms with Crippen LogP contribution in [-0.2, 0) is 0 Å². The van der Waals surface area contributed by atoms with Crippen LogP contribution in [0.5, 0.6) is 11.8 Å². The first-order valence-electron chi connectivity index (χ1n) is 9.22. The fourth-order valence-electron chi connectivity index (χ4n) is 3.82. The van der Waals surface area contributed by atoms with Gasteiger partial charge in [-0.1, -0.05) is 41.9 Å². The lowest BCUT2D eigenvalue weighted by Gasteiger charge is -2.25. The fraction of sp³-hybridized carbons (Fsp3) is 0.136. The van der Waals surface area contributed by atoms with E-state index >= 15 is 0 Å². The fourth-order valence-corrected chi connectivity index (χ4v) is 3.94. The Balaban J connectivity index is 1.81. The first kappa shape index (κ1) is 17.7. The molecule has 0 aliphatic carbocycles. The van der Waals surface area contributed by atoms with Crippen LogP contribution in [0.4, 0.5) is 0 Å². The van der Waals surface area contributed by atoms with E-state index in [1.807, 2.05) is 61.5 Å². The topological polar surface area (TPSA) is 72.8 Å². The number of H-pyrrole nitrogens is 1. The standard InChI is InChI=1S/C22H17ClN4O2/c1-12-17-18(14-8-10-15(23)11-9-14)19-20(28)24-13(2)25-21(19)29-22(17)27(26-12)16-6-4-3-5-7-16/h3-11,18H,1-2H3,(H,24,25,28). The van der Waals surface area contributed by atoms with Gasteiger partial charge < -0.3 is 9.72 Å². The lowest BCUT2D eigenvalue weighted by atomic mass is 9.85. The van der Waals surface area contributed by atoms with Crippen LogP contribution < -0.4 is 10.3 Å². The molecule has 1 N–H and O–H groups in total. The van der Waals surface area contributed by atoms with Gasteiger partial charge >= 0.3 is 0 Å². The van der Waals surface area contributed by atoms with Crippen LogP contribution in [0.25, 0.3) is 5.69 Å². The van der Waals surface area contributed by atoms with Crippen LogP contribution in [0, 0.1) is 13.8 Å². The summed E-state index contributed by atoms with van der Waals surface area (Å²) in [5.41, 5.74) is 3.68. The average molecular weight is 405 g/mol. The molecule has 1 atom stereocenters. The van der Waals surface area contributed by atoms with Crippen molar-refractivity contribution in [2.45, 2.75) is 19.8 Å². The zero-order valence-electron chi connectivity index (χ0n) is 15.8. The molecule has 3 heterocycles. The molecule has 0 saturated carbocycles. The number of benzene rings is 2. The maximum absolute atomic E-state index is 12.9. The number of nitrogens with one attached hydrogen (secondary N) is 1.